The zero-order valence-corrected chi connectivity index (χ0v) is 11.5. The van der Waals surface area contributed by atoms with E-state index in [-0.39, 0.29) is 5.56 Å². The summed E-state index contributed by atoms with van der Waals surface area (Å²) in [5.41, 5.74) is 0.771. The smallest absolute Gasteiger partial charge is 0.268 e. The Bertz CT molecular complexity index is 587. The van der Waals surface area contributed by atoms with Crippen LogP contribution >= 0.6 is 27.3 Å². The maximum atomic E-state index is 12.1. The first-order valence-corrected chi connectivity index (χ1v) is 7.22. The van der Waals surface area contributed by atoms with Crippen LogP contribution in [0.3, 0.4) is 0 Å². The van der Waals surface area contributed by atoms with Gasteiger partial charge in [0.05, 0.1) is 11.2 Å². The van der Waals surface area contributed by atoms with Gasteiger partial charge in [-0.05, 0) is 46.1 Å². The Balaban J connectivity index is 2.02. The topological polar surface area (TPSA) is 34.9 Å². The zero-order valence-electron chi connectivity index (χ0n) is 9.10. The van der Waals surface area contributed by atoms with Crippen LogP contribution in [-0.4, -0.2) is 9.55 Å². The van der Waals surface area contributed by atoms with Gasteiger partial charge in [-0.15, -0.1) is 11.3 Å². The van der Waals surface area contributed by atoms with Crippen molar-refractivity contribution in [1.29, 1.82) is 0 Å². The van der Waals surface area contributed by atoms with Crippen molar-refractivity contribution in [3.8, 4) is 10.6 Å². The lowest BCUT2D eigenvalue weighted by molar-refractivity contribution is 0.594. The summed E-state index contributed by atoms with van der Waals surface area (Å²) in [5, 5.41) is 1.99. The molecule has 0 N–H and O–H groups in total. The first-order valence-electron chi connectivity index (χ1n) is 5.54. The van der Waals surface area contributed by atoms with Crippen molar-refractivity contribution >= 4 is 27.3 Å². The summed E-state index contributed by atoms with van der Waals surface area (Å²) in [7, 11) is 0. The molecular weight excluding hydrogens is 300 g/mol. The maximum absolute atomic E-state index is 12.1. The predicted octanol–water partition coefficient (Wildman–Crippen LogP) is 3.14. The third-order valence-corrected chi connectivity index (χ3v) is 4.48. The van der Waals surface area contributed by atoms with Crippen LogP contribution in [0.4, 0.5) is 0 Å². The Morgan fingerprint density at radius 3 is 3.00 bits per heavy atom. The number of nitrogens with zero attached hydrogens (tertiary/aromatic N) is 2. The van der Waals surface area contributed by atoms with Gasteiger partial charge >= 0.3 is 0 Å². The SMILES string of the molecule is O=c1c(Br)c(-c2cccs2)ncn1CC1CC1. The van der Waals surface area contributed by atoms with E-state index < -0.39 is 0 Å². The van der Waals surface area contributed by atoms with E-state index in [1.807, 2.05) is 17.5 Å². The molecule has 1 fully saturated rings. The Morgan fingerprint density at radius 2 is 2.35 bits per heavy atom. The predicted molar refractivity (Wildman–Crippen MR) is 72.2 cm³/mol. The largest absolute Gasteiger partial charge is 0.298 e. The summed E-state index contributed by atoms with van der Waals surface area (Å²) in [6, 6.07) is 3.94. The standard InChI is InChI=1S/C12H11BrN2OS/c13-10-11(9-2-1-5-17-9)14-7-15(12(10)16)6-8-3-4-8/h1-2,5,7-8H,3-4,6H2. The molecule has 0 aliphatic heterocycles. The summed E-state index contributed by atoms with van der Waals surface area (Å²) < 4.78 is 2.28. The molecule has 0 radical (unpaired) electrons. The van der Waals surface area contributed by atoms with E-state index in [9.17, 15) is 4.79 Å². The molecular formula is C12H11BrN2OS. The lowest BCUT2D eigenvalue weighted by atomic mass is 10.3. The van der Waals surface area contributed by atoms with Crippen molar-refractivity contribution in [3.05, 3.63) is 38.7 Å². The molecule has 0 amide bonds. The highest BCUT2D eigenvalue weighted by molar-refractivity contribution is 9.10. The Kier molecular flexibility index (Phi) is 2.88. The second kappa shape index (κ2) is 4.38. The zero-order chi connectivity index (χ0) is 11.8. The molecule has 1 aliphatic rings. The Labute approximate surface area is 111 Å². The molecule has 2 aromatic heterocycles. The van der Waals surface area contributed by atoms with Gasteiger partial charge in [0.15, 0.2) is 0 Å². The molecule has 1 aliphatic carbocycles. The third-order valence-electron chi connectivity index (χ3n) is 2.89. The molecule has 0 bridgehead atoms. The molecule has 0 spiro atoms. The highest BCUT2D eigenvalue weighted by Crippen LogP contribution is 2.31. The normalized spacial score (nSPS) is 15.1. The number of thiophene rings is 1. The van der Waals surface area contributed by atoms with Gasteiger partial charge in [0.2, 0.25) is 0 Å². The van der Waals surface area contributed by atoms with Crippen LogP contribution in [0.5, 0.6) is 0 Å². The third kappa shape index (κ3) is 2.21. The van der Waals surface area contributed by atoms with E-state index in [1.165, 1.54) is 12.8 Å². The van der Waals surface area contributed by atoms with Crippen LogP contribution < -0.4 is 5.56 Å². The second-order valence-corrected chi connectivity index (χ2v) is 6.03. The van der Waals surface area contributed by atoms with Crippen LogP contribution in [0.15, 0.2) is 33.1 Å². The summed E-state index contributed by atoms with van der Waals surface area (Å²) in [6.45, 7) is 0.801. The fraction of sp³-hybridized carbons (Fsp3) is 0.333. The van der Waals surface area contributed by atoms with Crippen molar-refractivity contribution in [2.45, 2.75) is 19.4 Å². The van der Waals surface area contributed by atoms with Gasteiger partial charge in [-0.1, -0.05) is 6.07 Å². The highest BCUT2D eigenvalue weighted by atomic mass is 79.9. The molecule has 5 heteroatoms. The minimum Gasteiger partial charge on any atom is -0.298 e. The summed E-state index contributed by atoms with van der Waals surface area (Å²) >= 11 is 4.96. The molecule has 1 saturated carbocycles. The second-order valence-electron chi connectivity index (χ2n) is 4.29. The summed E-state index contributed by atoms with van der Waals surface area (Å²) in [6.07, 6.45) is 4.13. The molecule has 17 heavy (non-hydrogen) atoms. The number of rotatable bonds is 3. The van der Waals surface area contributed by atoms with E-state index in [0.29, 0.717) is 10.4 Å². The average molecular weight is 311 g/mol. The van der Waals surface area contributed by atoms with Gasteiger partial charge < -0.3 is 0 Å². The Hall–Kier alpha value is -0.940. The number of hydrogen-bond donors (Lipinski definition) is 0. The van der Waals surface area contributed by atoms with Crippen molar-refractivity contribution < 1.29 is 0 Å². The monoisotopic (exact) mass is 310 g/mol. The van der Waals surface area contributed by atoms with Crippen LogP contribution in [-0.2, 0) is 6.54 Å². The van der Waals surface area contributed by atoms with Gasteiger partial charge in [0.1, 0.15) is 10.2 Å². The quantitative estimate of drug-likeness (QED) is 0.873. The van der Waals surface area contributed by atoms with E-state index >= 15 is 0 Å². The number of aromatic nitrogens is 2. The van der Waals surface area contributed by atoms with Crippen LogP contribution in [0.2, 0.25) is 0 Å². The Morgan fingerprint density at radius 1 is 1.53 bits per heavy atom. The van der Waals surface area contributed by atoms with E-state index in [0.717, 1.165) is 17.1 Å². The fourth-order valence-electron chi connectivity index (χ4n) is 1.76. The molecule has 0 aromatic carbocycles. The van der Waals surface area contributed by atoms with Gasteiger partial charge in [0.25, 0.3) is 5.56 Å². The van der Waals surface area contributed by atoms with E-state index in [1.54, 1.807) is 22.2 Å². The summed E-state index contributed by atoms with van der Waals surface area (Å²) in [4.78, 5) is 17.5. The molecule has 3 nitrogen and oxygen atoms in total. The van der Waals surface area contributed by atoms with E-state index in [2.05, 4.69) is 20.9 Å². The highest BCUT2D eigenvalue weighted by Gasteiger charge is 2.23. The van der Waals surface area contributed by atoms with Crippen LogP contribution in [0.1, 0.15) is 12.8 Å². The van der Waals surface area contributed by atoms with Crippen molar-refractivity contribution in [2.75, 3.05) is 0 Å². The molecule has 88 valence electrons. The maximum Gasteiger partial charge on any atom is 0.268 e. The van der Waals surface area contributed by atoms with Crippen LogP contribution in [0, 0.1) is 5.92 Å². The van der Waals surface area contributed by atoms with Gasteiger partial charge in [-0.25, -0.2) is 4.98 Å². The molecule has 0 saturated heterocycles. The van der Waals surface area contributed by atoms with Crippen molar-refractivity contribution in [2.24, 2.45) is 5.92 Å². The minimum atomic E-state index is 0.0234. The summed E-state index contributed by atoms with van der Waals surface area (Å²) in [5.74, 6) is 0.675. The average Bonchev–Trinajstić information content (AvgIpc) is 2.97. The fourth-order valence-corrected chi connectivity index (χ4v) is 3.16. The first-order chi connectivity index (χ1) is 8.25. The van der Waals surface area contributed by atoms with Gasteiger partial charge in [-0.2, -0.15) is 0 Å². The lowest BCUT2D eigenvalue weighted by Gasteiger charge is -2.06. The lowest BCUT2D eigenvalue weighted by Crippen LogP contribution is -2.22. The molecule has 0 atom stereocenters. The van der Waals surface area contributed by atoms with Gasteiger partial charge in [-0.3, -0.25) is 9.36 Å². The van der Waals surface area contributed by atoms with Gasteiger partial charge in [0, 0.05) is 6.54 Å². The van der Waals surface area contributed by atoms with Crippen molar-refractivity contribution in [1.82, 2.24) is 9.55 Å². The molecule has 2 heterocycles. The van der Waals surface area contributed by atoms with Crippen molar-refractivity contribution in [3.63, 3.8) is 0 Å². The minimum absolute atomic E-state index is 0.0234. The molecule has 0 unspecified atom stereocenters. The first kappa shape index (κ1) is 11.2. The molecule has 3 rings (SSSR count). The molecule has 2 aromatic rings. The number of hydrogen-bond acceptors (Lipinski definition) is 3. The van der Waals surface area contributed by atoms with E-state index in [4.69, 9.17) is 0 Å². The number of halogens is 1. The van der Waals surface area contributed by atoms with Crippen LogP contribution in [0.25, 0.3) is 10.6 Å².